The van der Waals surface area contributed by atoms with E-state index < -0.39 is 5.56 Å². The standard InChI is InChI=1S/C8H7Cl3O/c1-5(9)12-8-3-2-6(10)4-7(8)11/h2-5H,1H3. The second-order valence-corrected chi connectivity index (χ2v) is 3.69. The second-order valence-electron chi connectivity index (χ2n) is 2.24. The fourth-order valence-electron chi connectivity index (χ4n) is 0.746. The molecule has 0 bridgehead atoms. The lowest BCUT2D eigenvalue weighted by Crippen LogP contribution is -2.02. The highest BCUT2D eigenvalue weighted by Gasteiger charge is 2.04. The summed E-state index contributed by atoms with van der Waals surface area (Å²) in [7, 11) is 0. The van der Waals surface area contributed by atoms with Crippen LogP contribution in [0, 0.1) is 0 Å². The highest BCUT2D eigenvalue weighted by Crippen LogP contribution is 2.28. The molecular formula is C8H7Cl3O. The summed E-state index contributed by atoms with van der Waals surface area (Å²) in [5, 5.41) is 1.05. The van der Waals surface area contributed by atoms with Crippen LogP contribution in [0.2, 0.25) is 10.0 Å². The van der Waals surface area contributed by atoms with Gasteiger partial charge >= 0.3 is 0 Å². The number of halogens is 3. The first-order valence-corrected chi connectivity index (χ1v) is 4.54. The maximum atomic E-state index is 5.81. The molecule has 1 atom stereocenters. The molecule has 1 nitrogen and oxygen atoms in total. The van der Waals surface area contributed by atoms with Crippen molar-refractivity contribution in [1.82, 2.24) is 0 Å². The zero-order valence-corrected chi connectivity index (χ0v) is 8.62. The average Bonchev–Trinajstić information content (AvgIpc) is 1.94. The average molecular weight is 226 g/mol. The predicted molar refractivity (Wildman–Crippen MR) is 52.4 cm³/mol. The summed E-state index contributed by atoms with van der Waals surface area (Å²) in [6.45, 7) is 1.71. The Morgan fingerprint density at radius 2 is 2.00 bits per heavy atom. The number of ether oxygens (including phenoxy) is 1. The predicted octanol–water partition coefficient (Wildman–Crippen LogP) is 3.96. The summed E-state index contributed by atoms with van der Waals surface area (Å²) >= 11 is 17.1. The Hall–Kier alpha value is -0.110. The van der Waals surface area contributed by atoms with E-state index >= 15 is 0 Å². The van der Waals surface area contributed by atoms with Crippen LogP contribution in [0.25, 0.3) is 0 Å². The van der Waals surface area contributed by atoms with Crippen LogP contribution in [0.1, 0.15) is 6.92 Å². The molecule has 1 aromatic rings. The van der Waals surface area contributed by atoms with Gasteiger partial charge in [0.15, 0.2) is 5.56 Å². The monoisotopic (exact) mass is 224 g/mol. The highest BCUT2D eigenvalue weighted by atomic mass is 35.5. The lowest BCUT2D eigenvalue weighted by atomic mass is 10.3. The third-order valence-corrected chi connectivity index (χ3v) is 1.80. The molecule has 0 heterocycles. The van der Waals surface area contributed by atoms with Crippen molar-refractivity contribution in [3.8, 4) is 5.75 Å². The lowest BCUT2D eigenvalue weighted by molar-refractivity contribution is 0.301. The Morgan fingerprint density at radius 3 is 2.50 bits per heavy atom. The third-order valence-electron chi connectivity index (χ3n) is 1.18. The molecule has 0 aliphatic rings. The van der Waals surface area contributed by atoms with Crippen LogP contribution in [0.3, 0.4) is 0 Å². The molecular weight excluding hydrogens is 218 g/mol. The molecule has 0 radical (unpaired) electrons. The molecule has 4 heteroatoms. The first-order chi connectivity index (χ1) is 5.59. The van der Waals surface area contributed by atoms with Gasteiger partial charge in [-0.2, -0.15) is 0 Å². The van der Waals surface area contributed by atoms with E-state index in [0.717, 1.165) is 0 Å². The van der Waals surface area contributed by atoms with Gasteiger partial charge in [-0.1, -0.05) is 34.8 Å². The SMILES string of the molecule is CC(Cl)Oc1ccc(Cl)cc1Cl. The number of hydrogen-bond acceptors (Lipinski definition) is 1. The van der Waals surface area contributed by atoms with Gasteiger partial charge in [-0.25, -0.2) is 0 Å². The molecule has 0 aliphatic carbocycles. The van der Waals surface area contributed by atoms with E-state index in [2.05, 4.69) is 0 Å². The summed E-state index contributed by atoms with van der Waals surface area (Å²) in [5.41, 5.74) is -0.399. The van der Waals surface area contributed by atoms with E-state index in [-0.39, 0.29) is 0 Å². The molecule has 0 aromatic heterocycles. The zero-order valence-electron chi connectivity index (χ0n) is 6.35. The Balaban J connectivity index is 2.86. The Kier molecular flexibility index (Phi) is 3.51. The Morgan fingerprint density at radius 1 is 1.33 bits per heavy atom. The molecule has 0 spiro atoms. The van der Waals surface area contributed by atoms with Gasteiger partial charge in [-0.15, -0.1) is 0 Å². The minimum Gasteiger partial charge on any atom is -0.473 e. The van der Waals surface area contributed by atoms with Gasteiger partial charge in [0.1, 0.15) is 5.75 Å². The molecule has 0 aliphatic heterocycles. The van der Waals surface area contributed by atoms with Crippen molar-refractivity contribution in [2.75, 3.05) is 0 Å². The van der Waals surface area contributed by atoms with Gasteiger partial charge in [0.2, 0.25) is 0 Å². The number of benzene rings is 1. The van der Waals surface area contributed by atoms with E-state index in [0.29, 0.717) is 15.8 Å². The van der Waals surface area contributed by atoms with E-state index in [1.54, 1.807) is 25.1 Å². The molecule has 66 valence electrons. The molecule has 1 rings (SSSR count). The fourth-order valence-corrected chi connectivity index (χ4v) is 1.29. The molecule has 0 fully saturated rings. The van der Waals surface area contributed by atoms with Crippen molar-refractivity contribution in [1.29, 1.82) is 0 Å². The van der Waals surface area contributed by atoms with Crippen LogP contribution in [0.4, 0.5) is 0 Å². The van der Waals surface area contributed by atoms with Crippen molar-refractivity contribution in [2.45, 2.75) is 12.5 Å². The number of alkyl halides is 1. The molecule has 12 heavy (non-hydrogen) atoms. The summed E-state index contributed by atoms with van der Waals surface area (Å²) in [4.78, 5) is 0. The summed E-state index contributed by atoms with van der Waals surface area (Å²) in [6, 6.07) is 4.99. The zero-order chi connectivity index (χ0) is 9.14. The Labute approximate surface area is 86.2 Å². The van der Waals surface area contributed by atoms with Crippen LogP contribution in [0.5, 0.6) is 5.75 Å². The van der Waals surface area contributed by atoms with Crippen molar-refractivity contribution < 1.29 is 4.74 Å². The van der Waals surface area contributed by atoms with E-state index in [1.807, 2.05) is 0 Å². The summed E-state index contributed by atoms with van der Waals surface area (Å²) in [5.74, 6) is 0.545. The van der Waals surface area contributed by atoms with E-state index in [9.17, 15) is 0 Å². The van der Waals surface area contributed by atoms with Gasteiger partial charge in [-0.3, -0.25) is 0 Å². The summed E-state index contributed by atoms with van der Waals surface area (Å²) < 4.78 is 5.17. The quantitative estimate of drug-likeness (QED) is 0.692. The summed E-state index contributed by atoms with van der Waals surface area (Å²) in [6.07, 6.45) is 0. The van der Waals surface area contributed by atoms with Gasteiger partial charge in [0.05, 0.1) is 5.02 Å². The minimum absolute atomic E-state index is 0.399. The molecule has 1 unspecified atom stereocenters. The third kappa shape index (κ3) is 2.74. The first-order valence-electron chi connectivity index (χ1n) is 3.35. The molecule has 1 aromatic carbocycles. The van der Waals surface area contributed by atoms with Crippen LogP contribution in [0.15, 0.2) is 18.2 Å². The fraction of sp³-hybridized carbons (Fsp3) is 0.250. The van der Waals surface area contributed by atoms with Gasteiger partial charge in [-0.05, 0) is 25.1 Å². The van der Waals surface area contributed by atoms with Crippen LogP contribution < -0.4 is 4.74 Å². The normalized spacial score (nSPS) is 12.7. The van der Waals surface area contributed by atoms with Crippen molar-refractivity contribution in [3.63, 3.8) is 0 Å². The van der Waals surface area contributed by atoms with Crippen LogP contribution in [-0.2, 0) is 0 Å². The van der Waals surface area contributed by atoms with E-state index in [4.69, 9.17) is 39.5 Å². The first kappa shape index (κ1) is 9.97. The van der Waals surface area contributed by atoms with Crippen molar-refractivity contribution in [2.24, 2.45) is 0 Å². The lowest BCUT2D eigenvalue weighted by Gasteiger charge is -2.09. The molecule has 0 saturated heterocycles. The maximum absolute atomic E-state index is 5.81. The number of hydrogen-bond donors (Lipinski definition) is 0. The topological polar surface area (TPSA) is 9.23 Å². The minimum atomic E-state index is -0.399. The largest absolute Gasteiger partial charge is 0.473 e. The van der Waals surface area contributed by atoms with Crippen molar-refractivity contribution >= 4 is 34.8 Å². The molecule has 0 N–H and O–H groups in total. The number of rotatable bonds is 2. The van der Waals surface area contributed by atoms with Crippen molar-refractivity contribution in [3.05, 3.63) is 28.2 Å². The van der Waals surface area contributed by atoms with Crippen LogP contribution >= 0.6 is 34.8 Å². The van der Waals surface area contributed by atoms with Gasteiger partial charge in [0, 0.05) is 5.02 Å². The second kappa shape index (κ2) is 4.22. The smallest absolute Gasteiger partial charge is 0.169 e. The van der Waals surface area contributed by atoms with E-state index in [1.165, 1.54) is 0 Å². The molecule has 0 saturated carbocycles. The highest BCUT2D eigenvalue weighted by molar-refractivity contribution is 6.35. The van der Waals surface area contributed by atoms with Gasteiger partial charge < -0.3 is 4.74 Å². The molecule has 0 amide bonds. The maximum Gasteiger partial charge on any atom is 0.169 e. The van der Waals surface area contributed by atoms with Gasteiger partial charge in [0.25, 0.3) is 0 Å². The Bertz CT molecular complexity index is 273. The van der Waals surface area contributed by atoms with Crippen LogP contribution in [-0.4, -0.2) is 5.56 Å².